The summed E-state index contributed by atoms with van der Waals surface area (Å²) in [7, 11) is -3.89. The van der Waals surface area contributed by atoms with Gasteiger partial charge in [0.25, 0.3) is 0 Å². The van der Waals surface area contributed by atoms with Crippen LogP contribution < -0.4 is 5.32 Å². The van der Waals surface area contributed by atoms with Crippen molar-refractivity contribution in [2.75, 3.05) is 11.9 Å². The van der Waals surface area contributed by atoms with Crippen LogP contribution >= 0.6 is 0 Å². The molecular weight excluding hydrogens is 405 g/mol. The van der Waals surface area contributed by atoms with Crippen LogP contribution in [0.3, 0.4) is 0 Å². The lowest BCUT2D eigenvalue weighted by Gasteiger charge is -2.23. The molecule has 2 aromatic rings. The summed E-state index contributed by atoms with van der Waals surface area (Å²) in [5.74, 6) is -0.643. The van der Waals surface area contributed by atoms with Gasteiger partial charge in [0.1, 0.15) is 6.04 Å². The SMILES string of the molecule is Cc1ccc(S(=O)(=O)N2CCC[C@H]2C(=O)Nc2ccc(C)c(C(F)(F)F)c2)cc1. The molecule has 1 N–H and O–H groups in total. The van der Waals surface area contributed by atoms with Gasteiger partial charge in [-0.25, -0.2) is 8.42 Å². The highest BCUT2D eigenvalue weighted by Gasteiger charge is 2.39. The molecule has 9 heteroatoms. The van der Waals surface area contributed by atoms with Gasteiger partial charge in [-0.3, -0.25) is 4.79 Å². The number of halogens is 3. The first-order chi connectivity index (χ1) is 13.5. The van der Waals surface area contributed by atoms with E-state index in [2.05, 4.69) is 5.32 Å². The smallest absolute Gasteiger partial charge is 0.325 e. The van der Waals surface area contributed by atoms with Crippen molar-refractivity contribution in [3.05, 3.63) is 59.2 Å². The number of alkyl halides is 3. The van der Waals surface area contributed by atoms with Gasteiger partial charge in [0.2, 0.25) is 15.9 Å². The molecule has 1 saturated heterocycles. The van der Waals surface area contributed by atoms with Crippen molar-refractivity contribution in [3.63, 3.8) is 0 Å². The number of aryl methyl sites for hydroxylation is 2. The summed E-state index contributed by atoms with van der Waals surface area (Å²) < 4.78 is 66.3. The second kappa shape index (κ2) is 7.79. The Kier molecular flexibility index (Phi) is 5.73. The van der Waals surface area contributed by atoms with E-state index >= 15 is 0 Å². The van der Waals surface area contributed by atoms with Crippen LogP contribution in [-0.4, -0.2) is 31.2 Å². The molecular formula is C20H21F3N2O3S. The molecule has 3 rings (SSSR count). The molecule has 29 heavy (non-hydrogen) atoms. The van der Waals surface area contributed by atoms with Crippen molar-refractivity contribution in [1.29, 1.82) is 0 Å². The minimum atomic E-state index is -4.54. The van der Waals surface area contributed by atoms with Gasteiger partial charge in [0.05, 0.1) is 10.5 Å². The van der Waals surface area contributed by atoms with E-state index in [0.717, 1.165) is 15.9 Å². The Labute approximate surface area is 167 Å². The van der Waals surface area contributed by atoms with E-state index in [1.54, 1.807) is 12.1 Å². The molecule has 1 atom stereocenters. The highest BCUT2D eigenvalue weighted by Crippen LogP contribution is 2.34. The molecule has 1 aliphatic rings. The van der Waals surface area contributed by atoms with Crippen LogP contribution in [0.1, 0.15) is 29.5 Å². The van der Waals surface area contributed by atoms with Crippen molar-refractivity contribution in [2.24, 2.45) is 0 Å². The molecule has 1 fully saturated rings. The number of hydrogen-bond donors (Lipinski definition) is 1. The molecule has 156 valence electrons. The fraction of sp³-hybridized carbons (Fsp3) is 0.350. The van der Waals surface area contributed by atoms with Crippen LogP contribution in [0.25, 0.3) is 0 Å². The van der Waals surface area contributed by atoms with Gasteiger partial charge in [0, 0.05) is 12.2 Å². The average Bonchev–Trinajstić information content (AvgIpc) is 3.13. The van der Waals surface area contributed by atoms with E-state index in [1.165, 1.54) is 31.2 Å². The van der Waals surface area contributed by atoms with Crippen molar-refractivity contribution < 1.29 is 26.4 Å². The van der Waals surface area contributed by atoms with Gasteiger partial charge in [-0.1, -0.05) is 23.8 Å². The second-order valence-electron chi connectivity index (χ2n) is 7.10. The van der Waals surface area contributed by atoms with Crippen molar-refractivity contribution >= 4 is 21.6 Å². The molecule has 0 aromatic heterocycles. The zero-order valence-electron chi connectivity index (χ0n) is 16.0. The Morgan fingerprint density at radius 2 is 1.76 bits per heavy atom. The predicted octanol–water partition coefficient (Wildman–Crippen LogP) is 4.11. The van der Waals surface area contributed by atoms with Crippen LogP contribution in [0, 0.1) is 13.8 Å². The van der Waals surface area contributed by atoms with Gasteiger partial charge in [0.15, 0.2) is 0 Å². The number of amides is 1. The van der Waals surface area contributed by atoms with Gasteiger partial charge in [-0.05, 0) is 56.5 Å². The number of benzene rings is 2. The minimum Gasteiger partial charge on any atom is -0.325 e. The van der Waals surface area contributed by atoms with Crippen molar-refractivity contribution in [2.45, 2.75) is 43.8 Å². The first kappa shape index (κ1) is 21.3. The fourth-order valence-corrected chi connectivity index (χ4v) is 5.02. The summed E-state index contributed by atoms with van der Waals surface area (Å²) in [6.45, 7) is 3.34. The topological polar surface area (TPSA) is 66.5 Å². The van der Waals surface area contributed by atoms with E-state index in [4.69, 9.17) is 0 Å². The molecule has 2 aromatic carbocycles. The van der Waals surface area contributed by atoms with Gasteiger partial charge < -0.3 is 5.32 Å². The summed E-state index contributed by atoms with van der Waals surface area (Å²) in [6, 6.07) is 8.83. The number of sulfonamides is 1. The van der Waals surface area contributed by atoms with E-state index in [9.17, 15) is 26.4 Å². The van der Waals surface area contributed by atoms with E-state index in [1.807, 2.05) is 6.92 Å². The lowest BCUT2D eigenvalue weighted by molar-refractivity contribution is -0.138. The third-order valence-electron chi connectivity index (χ3n) is 4.94. The van der Waals surface area contributed by atoms with Gasteiger partial charge in [-0.2, -0.15) is 17.5 Å². The number of nitrogens with one attached hydrogen (secondary N) is 1. The normalized spacial score (nSPS) is 18.0. The molecule has 0 spiro atoms. The van der Waals surface area contributed by atoms with Crippen molar-refractivity contribution in [3.8, 4) is 0 Å². The van der Waals surface area contributed by atoms with E-state index in [0.29, 0.717) is 12.8 Å². The quantitative estimate of drug-likeness (QED) is 0.800. The van der Waals surface area contributed by atoms with E-state index in [-0.39, 0.29) is 22.7 Å². The standard InChI is InChI=1S/C20H21F3N2O3S/c1-13-5-9-16(10-6-13)29(27,28)25-11-3-4-18(25)19(26)24-15-8-7-14(2)17(12-15)20(21,22)23/h5-10,12,18H,3-4,11H2,1-2H3,(H,24,26)/t18-/m0/s1. The van der Waals surface area contributed by atoms with Crippen LogP contribution in [0.2, 0.25) is 0 Å². The van der Waals surface area contributed by atoms with Gasteiger partial charge >= 0.3 is 6.18 Å². The third kappa shape index (κ3) is 4.45. The number of carbonyl (C=O) groups is 1. The Morgan fingerprint density at radius 3 is 2.38 bits per heavy atom. The number of hydrogen-bond acceptors (Lipinski definition) is 3. The Hall–Kier alpha value is -2.39. The minimum absolute atomic E-state index is 0.0208. The maximum Gasteiger partial charge on any atom is 0.416 e. The first-order valence-electron chi connectivity index (χ1n) is 9.07. The number of rotatable bonds is 4. The zero-order chi connectivity index (χ0) is 21.4. The monoisotopic (exact) mass is 426 g/mol. The van der Waals surface area contributed by atoms with Crippen LogP contribution in [0.15, 0.2) is 47.4 Å². The molecule has 0 bridgehead atoms. The second-order valence-corrected chi connectivity index (χ2v) is 8.99. The number of carbonyl (C=O) groups excluding carboxylic acids is 1. The summed E-state index contributed by atoms with van der Waals surface area (Å²) in [4.78, 5) is 12.8. The fourth-order valence-electron chi connectivity index (χ4n) is 3.37. The molecule has 1 aliphatic heterocycles. The van der Waals surface area contributed by atoms with Crippen LogP contribution in [-0.2, 0) is 21.0 Å². The van der Waals surface area contributed by atoms with Gasteiger partial charge in [-0.15, -0.1) is 0 Å². The molecule has 0 saturated carbocycles. The lowest BCUT2D eigenvalue weighted by atomic mass is 10.1. The number of nitrogens with zero attached hydrogens (tertiary/aromatic N) is 1. The maximum atomic E-state index is 13.1. The van der Waals surface area contributed by atoms with Crippen molar-refractivity contribution in [1.82, 2.24) is 4.31 Å². The molecule has 0 aliphatic carbocycles. The highest BCUT2D eigenvalue weighted by atomic mass is 32.2. The molecule has 0 unspecified atom stereocenters. The molecule has 1 heterocycles. The summed E-state index contributed by atoms with van der Waals surface area (Å²) >= 11 is 0. The number of anilines is 1. The molecule has 0 radical (unpaired) electrons. The Morgan fingerprint density at radius 1 is 1.10 bits per heavy atom. The molecule has 1 amide bonds. The summed E-state index contributed by atoms with van der Waals surface area (Å²) in [5, 5.41) is 2.44. The van der Waals surface area contributed by atoms with E-state index < -0.39 is 33.7 Å². The Bertz CT molecular complexity index is 1020. The maximum absolute atomic E-state index is 13.1. The summed E-state index contributed by atoms with van der Waals surface area (Å²) in [5.41, 5.74) is 0.0813. The third-order valence-corrected chi connectivity index (χ3v) is 6.87. The first-order valence-corrected chi connectivity index (χ1v) is 10.5. The zero-order valence-corrected chi connectivity index (χ0v) is 16.8. The van der Waals surface area contributed by atoms with Crippen LogP contribution in [0.5, 0.6) is 0 Å². The lowest BCUT2D eigenvalue weighted by Crippen LogP contribution is -2.43. The largest absolute Gasteiger partial charge is 0.416 e. The predicted molar refractivity (Wildman–Crippen MR) is 103 cm³/mol. The Balaban J connectivity index is 1.83. The highest BCUT2D eigenvalue weighted by molar-refractivity contribution is 7.89. The van der Waals surface area contributed by atoms with Crippen LogP contribution in [0.4, 0.5) is 18.9 Å². The summed E-state index contributed by atoms with van der Waals surface area (Å²) in [6.07, 6.45) is -3.75. The molecule has 5 nitrogen and oxygen atoms in total. The average molecular weight is 426 g/mol.